The number of rotatable bonds is 5. The van der Waals surface area contributed by atoms with Gasteiger partial charge in [0.2, 0.25) is 5.91 Å². The van der Waals surface area contributed by atoms with Crippen LogP contribution in [0.25, 0.3) is 0 Å². The molecule has 0 aliphatic carbocycles. The Morgan fingerprint density at radius 3 is 2.64 bits per heavy atom. The number of carbonyl (C=O) groups excluding carboxylic acids is 2. The molecule has 5 nitrogen and oxygen atoms in total. The fourth-order valence-corrected chi connectivity index (χ4v) is 2.81. The van der Waals surface area contributed by atoms with Gasteiger partial charge in [0.25, 0.3) is 5.91 Å². The van der Waals surface area contributed by atoms with Gasteiger partial charge in [-0.2, -0.15) is 0 Å². The summed E-state index contributed by atoms with van der Waals surface area (Å²) < 4.78 is 6.08. The van der Waals surface area contributed by atoms with Crippen LogP contribution >= 0.6 is 34.2 Å². The first kappa shape index (κ1) is 19.5. The van der Waals surface area contributed by atoms with Gasteiger partial charge in [0.15, 0.2) is 0 Å². The van der Waals surface area contributed by atoms with E-state index in [1.165, 1.54) is 14.0 Å². The Morgan fingerprint density at radius 1 is 1.28 bits per heavy atom. The highest BCUT2D eigenvalue weighted by atomic mass is 127. The summed E-state index contributed by atoms with van der Waals surface area (Å²) in [7, 11) is 3.24. The number of hydrogen-bond donors (Lipinski definition) is 1. The molecule has 25 heavy (non-hydrogen) atoms. The SMILES string of the molecule is COc1cc(I)c(Cl)cc1C(=O)Nc1cccc(CN(C)C(C)=O)c1. The number of ether oxygens (including phenoxy) is 1. The van der Waals surface area contributed by atoms with Crippen LogP contribution in [0, 0.1) is 3.57 Å². The summed E-state index contributed by atoms with van der Waals surface area (Å²) in [5.41, 5.74) is 1.92. The lowest BCUT2D eigenvalue weighted by Crippen LogP contribution is -2.23. The lowest BCUT2D eigenvalue weighted by atomic mass is 10.1. The van der Waals surface area contributed by atoms with Gasteiger partial charge < -0.3 is 15.0 Å². The maximum absolute atomic E-state index is 12.6. The third-order valence-electron chi connectivity index (χ3n) is 3.63. The molecule has 2 aromatic rings. The van der Waals surface area contributed by atoms with Gasteiger partial charge in [-0.15, -0.1) is 0 Å². The number of halogens is 2. The first-order chi connectivity index (χ1) is 11.8. The first-order valence-corrected chi connectivity index (χ1v) is 8.92. The molecule has 132 valence electrons. The summed E-state index contributed by atoms with van der Waals surface area (Å²) in [6.07, 6.45) is 0. The zero-order valence-electron chi connectivity index (χ0n) is 14.1. The smallest absolute Gasteiger partial charge is 0.259 e. The van der Waals surface area contributed by atoms with Crippen molar-refractivity contribution < 1.29 is 14.3 Å². The Labute approximate surface area is 165 Å². The van der Waals surface area contributed by atoms with E-state index >= 15 is 0 Å². The molecule has 0 saturated heterocycles. The van der Waals surface area contributed by atoms with E-state index < -0.39 is 0 Å². The highest BCUT2D eigenvalue weighted by Gasteiger charge is 2.15. The zero-order valence-corrected chi connectivity index (χ0v) is 17.0. The minimum absolute atomic E-state index is 0.0206. The molecule has 0 aromatic heterocycles. The number of nitrogens with zero attached hydrogens (tertiary/aromatic N) is 1. The number of anilines is 1. The average molecular weight is 473 g/mol. The minimum atomic E-state index is -0.313. The van der Waals surface area contributed by atoms with E-state index in [9.17, 15) is 9.59 Å². The number of methoxy groups -OCH3 is 1. The van der Waals surface area contributed by atoms with Gasteiger partial charge in [-0.1, -0.05) is 23.7 Å². The average Bonchev–Trinajstić information content (AvgIpc) is 2.57. The third kappa shape index (κ3) is 5.09. The van der Waals surface area contributed by atoms with Crippen LogP contribution in [0.5, 0.6) is 5.75 Å². The monoisotopic (exact) mass is 472 g/mol. The van der Waals surface area contributed by atoms with Crippen LogP contribution in [0.4, 0.5) is 5.69 Å². The van der Waals surface area contributed by atoms with E-state index in [0.29, 0.717) is 28.6 Å². The third-order valence-corrected chi connectivity index (χ3v) is 5.15. The maximum atomic E-state index is 12.6. The van der Waals surface area contributed by atoms with Crippen molar-refractivity contribution in [1.82, 2.24) is 4.90 Å². The van der Waals surface area contributed by atoms with Gasteiger partial charge in [-0.25, -0.2) is 0 Å². The summed E-state index contributed by atoms with van der Waals surface area (Å²) in [6, 6.07) is 10.7. The quantitative estimate of drug-likeness (QED) is 0.664. The van der Waals surface area contributed by atoms with E-state index in [0.717, 1.165) is 9.13 Å². The normalized spacial score (nSPS) is 10.3. The van der Waals surface area contributed by atoms with E-state index in [2.05, 4.69) is 27.9 Å². The Hall–Kier alpha value is -1.80. The molecule has 0 radical (unpaired) electrons. The van der Waals surface area contributed by atoms with Gasteiger partial charge in [-0.3, -0.25) is 9.59 Å². The van der Waals surface area contributed by atoms with Crippen LogP contribution < -0.4 is 10.1 Å². The van der Waals surface area contributed by atoms with Crippen molar-refractivity contribution in [3.05, 3.63) is 56.1 Å². The van der Waals surface area contributed by atoms with E-state index in [4.69, 9.17) is 16.3 Å². The molecule has 0 heterocycles. The highest BCUT2D eigenvalue weighted by molar-refractivity contribution is 14.1. The molecule has 7 heteroatoms. The molecule has 0 bridgehead atoms. The second-order valence-corrected chi connectivity index (χ2v) is 7.07. The van der Waals surface area contributed by atoms with Crippen molar-refractivity contribution in [1.29, 1.82) is 0 Å². The second-order valence-electron chi connectivity index (χ2n) is 5.50. The Kier molecular flexibility index (Phi) is 6.66. The molecule has 0 saturated carbocycles. The number of benzene rings is 2. The van der Waals surface area contributed by atoms with Crippen molar-refractivity contribution >= 4 is 51.7 Å². The highest BCUT2D eigenvalue weighted by Crippen LogP contribution is 2.29. The zero-order chi connectivity index (χ0) is 18.6. The minimum Gasteiger partial charge on any atom is -0.496 e. The van der Waals surface area contributed by atoms with E-state index in [1.54, 1.807) is 30.1 Å². The van der Waals surface area contributed by atoms with Crippen molar-refractivity contribution in [2.45, 2.75) is 13.5 Å². The fourth-order valence-electron chi connectivity index (χ4n) is 2.21. The van der Waals surface area contributed by atoms with Crippen LogP contribution in [0.15, 0.2) is 36.4 Å². The predicted molar refractivity (Wildman–Crippen MR) is 107 cm³/mol. The molecule has 0 spiro atoms. The summed E-state index contributed by atoms with van der Waals surface area (Å²) in [6.45, 7) is 1.98. The van der Waals surface area contributed by atoms with Crippen LogP contribution in [0.1, 0.15) is 22.8 Å². The molecule has 0 aliphatic rings. The van der Waals surface area contributed by atoms with Gasteiger partial charge in [0, 0.05) is 29.8 Å². The Balaban J connectivity index is 2.21. The Bertz CT molecular complexity index is 811. The summed E-state index contributed by atoms with van der Waals surface area (Å²) in [4.78, 5) is 25.5. The topological polar surface area (TPSA) is 58.6 Å². The van der Waals surface area contributed by atoms with Gasteiger partial charge in [0.1, 0.15) is 5.75 Å². The number of amides is 2. The van der Waals surface area contributed by atoms with Crippen LogP contribution in [-0.4, -0.2) is 30.9 Å². The van der Waals surface area contributed by atoms with Crippen molar-refractivity contribution in [2.24, 2.45) is 0 Å². The van der Waals surface area contributed by atoms with E-state index in [1.807, 2.05) is 18.2 Å². The standard InChI is InChI=1S/C18H18ClIN2O3/c1-11(23)22(2)10-12-5-4-6-13(7-12)21-18(24)14-8-15(19)16(20)9-17(14)25-3/h4-9H,10H2,1-3H3,(H,21,24). The van der Waals surface area contributed by atoms with Crippen LogP contribution in [-0.2, 0) is 11.3 Å². The summed E-state index contributed by atoms with van der Waals surface area (Å²) in [5, 5.41) is 3.33. The predicted octanol–water partition coefficient (Wildman–Crippen LogP) is 4.18. The largest absolute Gasteiger partial charge is 0.496 e. The molecule has 0 fully saturated rings. The molecule has 0 unspecified atom stereocenters. The summed E-state index contributed by atoms with van der Waals surface area (Å²) in [5.74, 6) is 0.124. The van der Waals surface area contributed by atoms with Gasteiger partial charge in [0.05, 0.1) is 17.7 Å². The second kappa shape index (κ2) is 8.53. The molecule has 2 aromatic carbocycles. The molecule has 1 N–H and O–H groups in total. The lowest BCUT2D eigenvalue weighted by molar-refractivity contribution is -0.128. The molecule has 0 atom stereocenters. The maximum Gasteiger partial charge on any atom is 0.259 e. The number of hydrogen-bond acceptors (Lipinski definition) is 3. The molecular weight excluding hydrogens is 455 g/mol. The van der Waals surface area contributed by atoms with Crippen LogP contribution in [0.3, 0.4) is 0 Å². The number of nitrogens with one attached hydrogen (secondary N) is 1. The molecular formula is C18H18ClIN2O3. The van der Waals surface area contributed by atoms with Crippen molar-refractivity contribution in [2.75, 3.05) is 19.5 Å². The lowest BCUT2D eigenvalue weighted by Gasteiger charge is -2.16. The molecule has 2 amide bonds. The van der Waals surface area contributed by atoms with Crippen molar-refractivity contribution in [3.63, 3.8) is 0 Å². The Morgan fingerprint density at radius 2 is 2.00 bits per heavy atom. The first-order valence-electron chi connectivity index (χ1n) is 7.47. The summed E-state index contributed by atoms with van der Waals surface area (Å²) >= 11 is 8.20. The fraction of sp³-hybridized carbons (Fsp3) is 0.222. The van der Waals surface area contributed by atoms with E-state index in [-0.39, 0.29) is 11.8 Å². The van der Waals surface area contributed by atoms with Crippen LogP contribution in [0.2, 0.25) is 5.02 Å². The van der Waals surface area contributed by atoms with Gasteiger partial charge >= 0.3 is 0 Å². The van der Waals surface area contributed by atoms with Crippen molar-refractivity contribution in [3.8, 4) is 5.75 Å². The van der Waals surface area contributed by atoms with Gasteiger partial charge in [-0.05, 0) is 52.4 Å². The number of carbonyl (C=O) groups is 2. The molecule has 0 aliphatic heterocycles. The molecule has 2 rings (SSSR count).